The fraction of sp³-hybridized carbons (Fsp3) is 1.00. The SMILES string of the molecule is CCCNCCCN(CC(C)C)C(CC)CC. The molecule has 0 rings (SSSR count). The Morgan fingerprint density at radius 2 is 1.65 bits per heavy atom. The van der Waals surface area contributed by atoms with Gasteiger partial charge < -0.3 is 10.2 Å². The molecule has 0 unspecified atom stereocenters. The summed E-state index contributed by atoms with van der Waals surface area (Å²) >= 11 is 0. The van der Waals surface area contributed by atoms with Crippen LogP contribution in [-0.2, 0) is 0 Å². The van der Waals surface area contributed by atoms with Crippen LogP contribution in [0.3, 0.4) is 0 Å². The predicted octanol–water partition coefficient (Wildman–Crippen LogP) is 3.52. The van der Waals surface area contributed by atoms with Gasteiger partial charge in [-0.15, -0.1) is 0 Å². The van der Waals surface area contributed by atoms with Crippen molar-refractivity contribution < 1.29 is 0 Å². The van der Waals surface area contributed by atoms with Crippen molar-refractivity contribution in [1.82, 2.24) is 10.2 Å². The van der Waals surface area contributed by atoms with Crippen LogP contribution in [0, 0.1) is 5.92 Å². The first-order valence-electron chi connectivity index (χ1n) is 7.60. The van der Waals surface area contributed by atoms with Crippen molar-refractivity contribution in [1.29, 1.82) is 0 Å². The summed E-state index contributed by atoms with van der Waals surface area (Å²) in [5.74, 6) is 0.777. The van der Waals surface area contributed by atoms with E-state index in [0.717, 1.165) is 18.5 Å². The summed E-state index contributed by atoms with van der Waals surface area (Å²) in [6, 6.07) is 0.781. The lowest BCUT2D eigenvalue weighted by Gasteiger charge is -2.32. The molecule has 0 atom stereocenters. The van der Waals surface area contributed by atoms with Crippen LogP contribution in [-0.4, -0.2) is 37.1 Å². The van der Waals surface area contributed by atoms with Gasteiger partial charge in [0, 0.05) is 12.6 Å². The van der Waals surface area contributed by atoms with Crippen LogP contribution >= 0.6 is 0 Å². The van der Waals surface area contributed by atoms with Gasteiger partial charge in [-0.05, 0) is 51.2 Å². The Hall–Kier alpha value is -0.0800. The second kappa shape index (κ2) is 11.0. The molecule has 0 radical (unpaired) electrons. The van der Waals surface area contributed by atoms with Gasteiger partial charge in [0.05, 0.1) is 0 Å². The molecule has 0 fully saturated rings. The first-order valence-corrected chi connectivity index (χ1v) is 7.60. The molecule has 1 N–H and O–H groups in total. The quantitative estimate of drug-likeness (QED) is 0.558. The van der Waals surface area contributed by atoms with E-state index in [4.69, 9.17) is 0 Å². The van der Waals surface area contributed by atoms with E-state index in [1.54, 1.807) is 0 Å². The van der Waals surface area contributed by atoms with Crippen LogP contribution in [0.5, 0.6) is 0 Å². The third-order valence-corrected chi connectivity index (χ3v) is 3.28. The Morgan fingerprint density at radius 1 is 1.00 bits per heavy atom. The lowest BCUT2D eigenvalue weighted by atomic mass is 10.1. The van der Waals surface area contributed by atoms with E-state index < -0.39 is 0 Å². The number of nitrogens with one attached hydrogen (secondary N) is 1. The maximum absolute atomic E-state index is 3.49. The van der Waals surface area contributed by atoms with Gasteiger partial charge in [-0.2, -0.15) is 0 Å². The van der Waals surface area contributed by atoms with Crippen LogP contribution < -0.4 is 5.32 Å². The molecule has 2 nitrogen and oxygen atoms in total. The van der Waals surface area contributed by atoms with Gasteiger partial charge in [0.2, 0.25) is 0 Å². The number of rotatable bonds is 11. The standard InChI is InChI=1S/C15H34N2/c1-6-10-16-11-9-12-17(13-14(4)5)15(7-2)8-3/h14-16H,6-13H2,1-5H3. The lowest BCUT2D eigenvalue weighted by molar-refractivity contribution is 0.164. The molecule has 0 aromatic rings. The molecule has 0 aliphatic carbocycles. The topological polar surface area (TPSA) is 15.3 Å². The van der Waals surface area contributed by atoms with Gasteiger partial charge in [-0.1, -0.05) is 34.6 Å². The van der Waals surface area contributed by atoms with Crippen molar-refractivity contribution in [3.63, 3.8) is 0 Å². The molecule has 0 saturated heterocycles. The number of hydrogen-bond donors (Lipinski definition) is 1. The highest BCUT2D eigenvalue weighted by molar-refractivity contribution is 4.70. The number of nitrogens with zero attached hydrogens (tertiary/aromatic N) is 1. The molecule has 0 heterocycles. The Balaban J connectivity index is 3.92. The van der Waals surface area contributed by atoms with E-state index in [2.05, 4.69) is 44.8 Å². The maximum atomic E-state index is 3.49. The molecule has 17 heavy (non-hydrogen) atoms. The van der Waals surface area contributed by atoms with Gasteiger partial charge >= 0.3 is 0 Å². The van der Waals surface area contributed by atoms with E-state index in [0.29, 0.717) is 0 Å². The van der Waals surface area contributed by atoms with E-state index in [9.17, 15) is 0 Å². The van der Waals surface area contributed by atoms with Crippen LogP contribution in [0.2, 0.25) is 0 Å². The summed E-state index contributed by atoms with van der Waals surface area (Å²) in [7, 11) is 0. The smallest absolute Gasteiger partial charge is 0.00901 e. The van der Waals surface area contributed by atoms with Gasteiger partial charge in [0.15, 0.2) is 0 Å². The Labute approximate surface area is 109 Å². The van der Waals surface area contributed by atoms with Crippen molar-refractivity contribution in [2.45, 2.75) is 66.3 Å². The van der Waals surface area contributed by atoms with Crippen molar-refractivity contribution in [2.24, 2.45) is 5.92 Å². The zero-order valence-corrected chi connectivity index (χ0v) is 12.8. The van der Waals surface area contributed by atoms with E-state index in [1.807, 2.05) is 0 Å². The first-order chi connectivity index (χ1) is 8.15. The van der Waals surface area contributed by atoms with Crippen LogP contribution in [0.1, 0.15) is 60.3 Å². The molecule has 0 aliphatic heterocycles. The average molecular weight is 242 g/mol. The average Bonchev–Trinajstić information content (AvgIpc) is 2.29. The van der Waals surface area contributed by atoms with E-state index >= 15 is 0 Å². The first kappa shape index (κ1) is 16.9. The van der Waals surface area contributed by atoms with E-state index in [-0.39, 0.29) is 0 Å². The minimum absolute atomic E-state index is 0.777. The van der Waals surface area contributed by atoms with Gasteiger partial charge in [-0.3, -0.25) is 0 Å². The van der Waals surface area contributed by atoms with Crippen molar-refractivity contribution in [2.75, 3.05) is 26.2 Å². The van der Waals surface area contributed by atoms with Gasteiger partial charge in [-0.25, -0.2) is 0 Å². The summed E-state index contributed by atoms with van der Waals surface area (Å²) < 4.78 is 0. The second-order valence-electron chi connectivity index (χ2n) is 5.46. The van der Waals surface area contributed by atoms with Crippen molar-refractivity contribution >= 4 is 0 Å². The zero-order chi connectivity index (χ0) is 13.1. The molecule has 0 aromatic carbocycles. The predicted molar refractivity (Wildman–Crippen MR) is 78.6 cm³/mol. The monoisotopic (exact) mass is 242 g/mol. The van der Waals surface area contributed by atoms with Gasteiger partial charge in [0.25, 0.3) is 0 Å². The largest absolute Gasteiger partial charge is 0.317 e. The summed E-state index contributed by atoms with van der Waals surface area (Å²) in [4.78, 5) is 2.69. The zero-order valence-electron chi connectivity index (χ0n) is 12.8. The highest BCUT2D eigenvalue weighted by Gasteiger charge is 2.15. The molecule has 2 heteroatoms. The Kier molecular flexibility index (Phi) is 11.0. The third-order valence-electron chi connectivity index (χ3n) is 3.28. The summed E-state index contributed by atoms with van der Waals surface area (Å²) in [5, 5.41) is 3.49. The Bertz CT molecular complexity index is 153. The molecule has 0 amide bonds. The second-order valence-corrected chi connectivity index (χ2v) is 5.46. The summed E-state index contributed by atoms with van der Waals surface area (Å²) in [6.07, 6.45) is 5.09. The van der Waals surface area contributed by atoms with Crippen LogP contribution in [0.4, 0.5) is 0 Å². The highest BCUT2D eigenvalue weighted by atomic mass is 15.2. The van der Waals surface area contributed by atoms with Crippen molar-refractivity contribution in [3.8, 4) is 0 Å². The molecule has 0 aromatic heterocycles. The minimum atomic E-state index is 0.777. The van der Waals surface area contributed by atoms with Crippen molar-refractivity contribution in [3.05, 3.63) is 0 Å². The summed E-state index contributed by atoms with van der Waals surface area (Å²) in [5.41, 5.74) is 0. The molecule has 0 spiro atoms. The highest BCUT2D eigenvalue weighted by Crippen LogP contribution is 2.11. The molecular formula is C15H34N2. The third kappa shape index (κ3) is 8.62. The number of hydrogen-bond acceptors (Lipinski definition) is 2. The molecule has 104 valence electrons. The maximum Gasteiger partial charge on any atom is 0.00901 e. The molecular weight excluding hydrogens is 208 g/mol. The van der Waals surface area contributed by atoms with Gasteiger partial charge in [0.1, 0.15) is 0 Å². The minimum Gasteiger partial charge on any atom is -0.317 e. The Morgan fingerprint density at radius 3 is 2.12 bits per heavy atom. The fourth-order valence-corrected chi connectivity index (χ4v) is 2.41. The summed E-state index contributed by atoms with van der Waals surface area (Å²) in [6.45, 7) is 16.3. The van der Waals surface area contributed by atoms with E-state index in [1.165, 1.54) is 45.3 Å². The fourth-order valence-electron chi connectivity index (χ4n) is 2.41. The van der Waals surface area contributed by atoms with Crippen LogP contribution in [0.15, 0.2) is 0 Å². The normalized spacial score (nSPS) is 12.0. The molecule has 0 aliphatic rings. The lowest BCUT2D eigenvalue weighted by Crippen LogP contribution is -2.39. The molecule has 0 saturated carbocycles. The molecule has 0 bridgehead atoms. The van der Waals surface area contributed by atoms with Crippen LogP contribution in [0.25, 0.3) is 0 Å².